The lowest BCUT2D eigenvalue weighted by Crippen LogP contribution is -2.08. The first-order chi connectivity index (χ1) is 9.90. The monoisotopic (exact) mass is 284 g/mol. The van der Waals surface area contributed by atoms with Crippen molar-refractivity contribution in [1.82, 2.24) is 0 Å². The zero-order valence-electron chi connectivity index (χ0n) is 12.8. The third-order valence-corrected chi connectivity index (χ3v) is 3.30. The molecule has 0 saturated carbocycles. The van der Waals surface area contributed by atoms with Crippen LogP contribution in [0.2, 0.25) is 0 Å². The molecule has 2 aromatic rings. The van der Waals surface area contributed by atoms with E-state index in [9.17, 15) is 4.79 Å². The number of hydrogen-bond donors (Lipinski definition) is 2. The Morgan fingerprint density at radius 3 is 2.14 bits per heavy atom. The molecule has 0 saturated heterocycles. The molecule has 4 heteroatoms. The number of nitrogens with one attached hydrogen (secondary N) is 1. The van der Waals surface area contributed by atoms with Gasteiger partial charge in [-0.2, -0.15) is 0 Å². The first-order valence-electron chi connectivity index (χ1n) is 6.74. The first-order valence-corrected chi connectivity index (χ1v) is 6.74. The third-order valence-electron chi connectivity index (χ3n) is 3.30. The number of benzene rings is 2. The van der Waals surface area contributed by atoms with Crippen LogP contribution in [0.1, 0.15) is 27.0 Å². The molecule has 0 aromatic heterocycles. The van der Waals surface area contributed by atoms with Crippen LogP contribution < -0.4 is 11.1 Å². The number of aryl methyl sites for hydroxylation is 3. The zero-order valence-corrected chi connectivity index (χ0v) is 12.8. The quantitative estimate of drug-likeness (QED) is 0.666. The van der Waals surface area contributed by atoms with Gasteiger partial charge < -0.3 is 15.8 Å². The lowest BCUT2D eigenvalue weighted by molar-refractivity contribution is 0.0602. The maximum Gasteiger partial charge on any atom is 0.340 e. The molecule has 0 bridgehead atoms. The second-order valence-electron chi connectivity index (χ2n) is 5.25. The molecule has 0 aliphatic carbocycles. The Balaban J connectivity index is 2.40. The number of nitrogens with two attached hydrogens (primary N) is 1. The number of carbonyl (C=O) groups excluding carboxylic acids is 1. The highest BCUT2D eigenvalue weighted by atomic mass is 16.5. The van der Waals surface area contributed by atoms with Gasteiger partial charge in [-0.3, -0.25) is 0 Å². The highest BCUT2D eigenvalue weighted by Crippen LogP contribution is 2.26. The van der Waals surface area contributed by atoms with Crippen molar-refractivity contribution < 1.29 is 9.53 Å². The molecule has 0 aliphatic rings. The number of esters is 1. The summed E-state index contributed by atoms with van der Waals surface area (Å²) in [6, 6.07) is 9.84. The van der Waals surface area contributed by atoms with Crippen LogP contribution in [-0.4, -0.2) is 13.1 Å². The van der Waals surface area contributed by atoms with Crippen LogP contribution >= 0.6 is 0 Å². The van der Waals surface area contributed by atoms with Gasteiger partial charge in [-0.15, -0.1) is 0 Å². The summed E-state index contributed by atoms with van der Waals surface area (Å²) < 4.78 is 4.77. The average Bonchev–Trinajstić information content (AvgIpc) is 2.40. The van der Waals surface area contributed by atoms with Crippen LogP contribution in [0, 0.1) is 20.8 Å². The van der Waals surface area contributed by atoms with Crippen molar-refractivity contribution in [3.8, 4) is 0 Å². The van der Waals surface area contributed by atoms with Gasteiger partial charge in [-0.05, 0) is 61.7 Å². The first kappa shape index (κ1) is 14.9. The average molecular weight is 284 g/mol. The number of methoxy groups -OCH3 is 1. The van der Waals surface area contributed by atoms with Gasteiger partial charge in [0.25, 0.3) is 0 Å². The summed E-state index contributed by atoms with van der Waals surface area (Å²) in [7, 11) is 1.35. The van der Waals surface area contributed by atoms with Crippen molar-refractivity contribution in [3.63, 3.8) is 0 Å². The Labute approximate surface area is 124 Å². The van der Waals surface area contributed by atoms with E-state index in [1.165, 1.54) is 18.2 Å². The van der Waals surface area contributed by atoms with Crippen molar-refractivity contribution in [3.05, 3.63) is 52.6 Å². The van der Waals surface area contributed by atoms with Crippen LogP contribution in [0.5, 0.6) is 0 Å². The third kappa shape index (κ3) is 3.34. The van der Waals surface area contributed by atoms with Crippen LogP contribution in [0.3, 0.4) is 0 Å². The van der Waals surface area contributed by atoms with E-state index < -0.39 is 5.97 Å². The van der Waals surface area contributed by atoms with Gasteiger partial charge in [0, 0.05) is 17.1 Å². The van der Waals surface area contributed by atoms with Gasteiger partial charge in [0.05, 0.1) is 12.7 Å². The molecule has 0 aliphatic heterocycles. The van der Waals surface area contributed by atoms with Crippen molar-refractivity contribution >= 4 is 23.0 Å². The summed E-state index contributed by atoms with van der Waals surface area (Å²) in [5.74, 6) is -0.431. The Kier molecular flexibility index (Phi) is 4.17. The van der Waals surface area contributed by atoms with Gasteiger partial charge in [0.2, 0.25) is 0 Å². The summed E-state index contributed by atoms with van der Waals surface area (Å²) in [6.07, 6.45) is 0. The smallest absolute Gasteiger partial charge is 0.340 e. The zero-order chi connectivity index (χ0) is 15.6. The highest BCUT2D eigenvalue weighted by molar-refractivity contribution is 5.97. The molecule has 2 rings (SSSR count). The Hall–Kier alpha value is -2.49. The Bertz CT molecular complexity index is 673. The lowest BCUT2D eigenvalue weighted by Gasteiger charge is -2.13. The molecule has 0 amide bonds. The second kappa shape index (κ2) is 5.87. The summed E-state index contributed by atoms with van der Waals surface area (Å²) in [6.45, 7) is 5.97. The summed E-state index contributed by atoms with van der Waals surface area (Å²) in [5, 5.41) is 3.31. The number of hydrogen-bond acceptors (Lipinski definition) is 4. The number of carbonyl (C=O) groups is 1. The predicted octanol–water partition coefficient (Wildman–Crippen LogP) is 3.72. The van der Waals surface area contributed by atoms with Crippen LogP contribution in [-0.2, 0) is 4.74 Å². The molecule has 4 nitrogen and oxygen atoms in total. The van der Waals surface area contributed by atoms with E-state index >= 15 is 0 Å². The maximum atomic E-state index is 11.8. The molecule has 0 radical (unpaired) electrons. The molecule has 21 heavy (non-hydrogen) atoms. The fourth-order valence-corrected chi connectivity index (χ4v) is 2.36. The Morgan fingerprint density at radius 1 is 1.00 bits per heavy atom. The Morgan fingerprint density at radius 2 is 1.57 bits per heavy atom. The fraction of sp³-hybridized carbons (Fsp3) is 0.235. The van der Waals surface area contributed by atoms with Gasteiger partial charge in [0.15, 0.2) is 0 Å². The van der Waals surface area contributed by atoms with Crippen LogP contribution in [0.4, 0.5) is 17.1 Å². The predicted molar refractivity (Wildman–Crippen MR) is 86.1 cm³/mol. The van der Waals surface area contributed by atoms with Gasteiger partial charge in [-0.1, -0.05) is 6.07 Å². The van der Waals surface area contributed by atoms with Gasteiger partial charge >= 0.3 is 5.97 Å². The fourth-order valence-electron chi connectivity index (χ4n) is 2.36. The molecular formula is C17H20N2O2. The standard InChI is InChI=1S/C17H20N2O2/c1-10-5-11(2)7-13(6-10)19-14-8-12(3)16(18)15(9-14)17(20)21-4/h5-9,19H,18H2,1-4H3. The van der Waals surface area contributed by atoms with Crippen LogP contribution in [0.15, 0.2) is 30.3 Å². The van der Waals surface area contributed by atoms with E-state index in [1.807, 2.05) is 26.8 Å². The minimum Gasteiger partial charge on any atom is -0.465 e. The van der Waals surface area contributed by atoms with Crippen LogP contribution in [0.25, 0.3) is 0 Å². The van der Waals surface area contributed by atoms with Crippen molar-refractivity contribution in [2.75, 3.05) is 18.2 Å². The molecule has 3 N–H and O–H groups in total. The van der Waals surface area contributed by atoms with E-state index in [0.717, 1.165) is 16.9 Å². The SMILES string of the molecule is COC(=O)c1cc(Nc2cc(C)cc(C)c2)cc(C)c1N. The highest BCUT2D eigenvalue weighted by Gasteiger charge is 2.13. The number of ether oxygens (including phenoxy) is 1. The minimum absolute atomic E-state index is 0.379. The topological polar surface area (TPSA) is 64.3 Å². The normalized spacial score (nSPS) is 10.3. The summed E-state index contributed by atoms with van der Waals surface area (Å²) in [4.78, 5) is 11.8. The number of nitrogen functional groups attached to an aromatic ring is 1. The molecule has 0 fully saturated rings. The molecule has 0 spiro atoms. The van der Waals surface area contributed by atoms with Gasteiger partial charge in [-0.25, -0.2) is 4.79 Å². The molecule has 0 unspecified atom stereocenters. The molecule has 0 atom stereocenters. The van der Waals surface area contributed by atoms with E-state index in [1.54, 1.807) is 6.07 Å². The van der Waals surface area contributed by atoms with Gasteiger partial charge in [0.1, 0.15) is 0 Å². The summed E-state index contributed by atoms with van der Waals surface area (Å²) >= 11 is 0. The largest absolute Gasteiger partial charge is 0.465 e. The van der Waals surface area contributed by atoms with Crippen molar-refractivity contribution in [1.29, 1.82) is 0 Å². The molecule has 110 valence electrons. The van der Waals surface area contributed by atoms with E-state index in [4.69, 9.17) is 10.5 Å². The van der Waals surface area contributed by atoms with E-state index in [0.29, 0.717) is 11.3 Å². The molecule has 2 aromatic carbocycles. The molecule has 0 heterocycles. The summed E-state index contributed by atoms with van der Waals surface area (Å²) in [5.41, 5.74) is 11.8. The number of rotatable bonds is 3. The van der Waals surface area contributed by atoms with Crippen molar-refractivity contribution in [2.24, 2.45) is 0 Å². The molecular weight excluding hydrogens is 264 g/mol. The van der Waals surface area contributed by atoms with E-state index in [2.05, 4.69) is 23.5 Å². The number of anilines is 3. The lowest BCUT2D eigenvalue weighted by atomic mass is 10.1. The van der Waals surface area contributed by atoms with Crippen molar-refractivity contribution in [2.45, 2.75) is 20.8 Å². The second-order valence-corrected chi connectivity index (χ2v) is 5.25. The van der Waals surface area contributed by atoms with E-state index in [-0.39, 0.29) is 0 Å². The maximum absolute atomic E-state index is 11.8. The minimum atomic E-state index is -0.431.